The number of hydrogen-bond acceptors (Lipinski definition) is 2. The van der Waals surface area contributed by atoms with Crippen molar-refractivity contribution in [1.82, 2.24) is 4.90 Å². The summed E-state index contributed by atoms with van der Waals surface area (Å²) in [5.74, 6) is 1.15. The molecule has 2 heteroatoms. The Hall–Kier alpha value is -1.15. The monoisotopic (exact) mass is 299 g/mol. The van der Waals surface area contributed by atoms with Crippen LogP contribution in [0.25, 0.3) is 0 Å². The minimum atomic E-state index is 0.107. The smallest absolute Gasteiger partial charge is 0.166 e. The SMILES string of the molecule is CC(CN1CCCCC1)C(=O)c1ccc(C2CCCC2)cc1. The lowest BCUT2D eigenvalue weighted by atomic mass is 9.93. The molecule has 120 valence electrons. The van der Waals surface area contributed by atoms with Crippen LogP contribution in [0, 0.1) is 5.92 Å². The summed E-state index contributed by atoms with van der Waals surface area (Å²) in [5.41, 5.74) is 2.32. The predicted octanol–water partition coefficient (Wildman–Crippen LogP) is 4.65. The number of carbonyl (C=O) groups excluding carboxylic acids is 1. The van der Waals surface area contributed by atoms with Crippen molar-refractivity contribution in [2.75, 3.05) is 19.6 Å². The fraction of sp³-hybridized carbons (Fsp3) is 0.650. The number of rotatable bonds is 5. The second-order valence-electron chi connectivity index (χ2n) is 7.23. The van der Waals surface area contributed by atoms with Crippen molar-refractivity contribution in [3.05, 3.63) is 35.4 Å². The summed E-state index contributed by atoms with van der Waals surface area (Å²) in [6.07, 6.45) is 9.28. The van der Waals surface area contributed by atoms with E-state index in [2.05, 4.69) is 36.1 Å². The first kappa shape index (κ1) is 15.7. The highest BCUT2D eigenvalue weighted by Gasteiger charge is 2.21. The van der Waals surface area contributed by atoms with Crippen LogP contribution in [0.2, 0.25) is 0 Å². The van der Waals surface area contributed by atoms with Crippen molar-refractivity contribution in [1.29, 1.82) is 0 Å². The van der Waals surface area contributed by atoms with Gasteiger partial charge in [0.2, 0.25) is 0 Å². The van der Waals surface area contributed by atoms with Crippen LogP contribution in [-0.2, 0) is 0 Å². The molecule has 1 unspecified atom stereocenters. The Morgan fingerprint density at radius 3 is 2.32 bits per heavy atom. The molecule has 0 bridgehead atoms. The first-order valence-corrected chi connectivity index (χ1v) is 9.10. The Bertz CT molecular complexity index is 481. The van der Waals surface area contributed by atoms with Crippen LogP contribution in [0.15, 0.2) is 24.3 Å². The summed E-state index contributed by atoms with van der Waals surface area (Å²) in [6, 6.07) is 8.50. The number of ketones is 1. The van der Waals surface area contributed by atoms with Gasteiger partial charge in [-0.3, -0.25) is 4.79 Å². The largest absolute Gasteiger partial charge is 0.303 e. The van der Waals surface area contributed by atoms with Crippen molar-refractivity contribution in [2.24, 2.45) is 5.92 Å². The van der Waals surface area contributed by atoms with Crippen LogP contribution in [0.1, 0.15) is 73.7 Å². The van der Waals surface area contributed by atoms with E-state index < -0.39 is 0 Å². The lowest BCUT2D eigenvalue weighted by Crippen LogP contribution is -2.35. The molecule has 1 atom stereocenters. The molecule has 1 heterocycles. The average molecular weight is 299 g/mol. The summed E-state index contributed by atoms with van der Waals surface area (Å²) in [5, 5.41) is 0. The molecule has 1 aromatic rings. The third kappa shape index (κ3) is 3.78. The van der Waals surface area contributed by atoms with Crippen molar-refractivity contribution in [3.8, 4) is 0 Å². The van der Waals surface area contributed by atoms with Gasteiger partial charge in [-0.05, 0) is 50.3 Å². The molecular formula is C20H29NO. The second-order valence-corrected chi connectivity index (χ2v) is 7.23. The van der Waals surface area contributed by atoms with E-state index in [-0.39, 0.29) is 5.92 Å². The predicted molar refractivity (Wildman–Crippen MR) is 91.4 cm³/mol. The third-order valence-electron chi connectivity index (χ3n) is 5.45. The molecule has 2 nitrogen and oxygen atoms in total. The summed E-state index contributed by atoms with van der Waals surface area (Å²) in [7, 11) is 0. The standard InChI is InChI=1S/C20H29NO/c1-16(15-21-13-5-2-6-14-21)20(22)19-11-9-18(10-12-19)17-7-3-4-8-17/h9-12,16-17H,2-8,13-15H2,1H3. The molecule has 2 fully saturated rings. The molecule has 2 aliphatic rings. The highest BCUT2D eigenvalue weighted by molar-refractivity contribution is 5.97. The lowest BCUT2D eigenvalue weighted by molar-refractivity contribution is 0.0883. The van der Waals surface area contributed by atoms with Crippen LogP contribution in [-0.4, -0.2) is 30.3 Å². The Morgan fingerprint density at radius 1 is 1.05 bits per heavy atom. The quantitative estimate of drug-likeness (QED) is 0.738. The maximum Gasteiger partial charge on any atom is 0.166 e. The van der Waals surface area contributed by atoms with Crippen molar-refractivity contribution in [2.45, 2.75) is 57.8 Å². The third-order valence-corrected chi connectivity index (χ3v) is 5.45. The van der Waals surface area contributed by atoms with Crippen LogP contribution in [0.5, 0.6) is 0 Å². The van der Waals surface area contributed by atoms with Crippen molar-refractivity contribution in [3.63, 3.8) is 0 Å². The molecule has 0 aromatic heterocycles. The molecule has 1 aliphatic heterocycles. The van der Waals surface area contributed by atoms with Gasteiger partial charge in [-0.2, -0.15) is 0 Å². The Kier molecular flexibility index (Phi) is 5.30. The average Bonchev–Trinajstić information content (AvgIpc) is 3.10. The van der Waals surface area contributed by atoms with Crippen LogP contribution in [0.4, 0.5) is 0 Å². The normalized spacial score (nSPS) is 21.9. The fourth-order valence-corrected chi connectivity index (χ4v) is 4.08. The van der Waals surface area contributed by atoms with Gasteiger partial charge in [-0.15, -0.1) is 0 Å². The van der Waals surface area contributed by atoms with Crippen LogP contribution < -0.4 is 0 Å². The van der Waals surface area contributed by atoms with Gasteiger partial charge in [0.05, 0.1) is 0 Å². The number of likely N-dealkylation sites (tertiary alicyclic amines) is 1. The number of nitrogens with zero attached hydrogens (tertiary/aromatic N) is 1. The molecule has 0 spiro atoms. The maximum atomic E-state index is 12.6. The summed E-state index contributed by atoms with van der Waals surface area (Å²) in [4.78, 5) is 15.1. The molecular weight excluding hydrogens is 270 g/mol. The molecule has 1 saturated carbocycles. The summed E-state index contributed by atoms with van der Waals surface area (Å²) in [6.45, 7) is 5.33. The Labute approximate surface area is 134 Å². The van der Waals surface area contributed by atoms with Gasteiger partial charge in [0.15, 0.2) is 5.78 Å². The van der Waals surface area contributed by atoms with Gasteiger partial charge in [-0.25, -0.2) is 0 Å². The first-order valence-electron chi connectivity index (χ1n) is 9.10. The number of benzene rings is 1. The van der Waals surface area contributed by atoms with E-state index in [0.717, 1.165) is 31.1 Å². The molecule has 0 N–H and O–H groups in total. The van der Waals surface area contributed by atoms with Gasteiger partial charge in [0.1, 0.15) is 0 Å². The minimum absolute atomic E-state index is 0.107. The van der Waals surface area contributed by atoms with E-state index in [1.165, 1.54) is 50.5 Å². The minimum Gasteiger partial charge on any atom is -0.303 e. The summed E-state index contributed by atoms with van der Waals surface area (Å²) < 4.78 is 0. The fourth-order valence-electron chi connectivity index (χ4n) is 4.08. The molecule has 0 radical (unpaired) electrons. The van der Waals surface area contributed by atoms with E-state index in [0.29, 0.717) is 5.78 Å². The van der Waals surface area contributed by atoms with E-state index in [1.807, 2.05) is 0 Å². The zero-order valence-electron chi connectivity index (χ0n) is 13.9. The van der Waals surface area contributed by atoms with E-state index in [9.17, 15) is 4.79 Å². The van der Waals surface area contributed by atoms with Crippen molar-refractivity contribution >= 4 is 5.78 Å². The lowest BCUT2D eigenvalue weighted by Gasteiger charge is -2.28. The summed E-state index contributed by atoms with van der Waals surface area (Å²) >= 11 is 0. The molecule has 1 saturated heterocycles. The van der Waals surface area contributed by atoms with Crippen LogP contribution >= 0.6 is 0 Å². The number of carbonyl (C=O) groups is 1. The van der Waals surface area contributed by atoms with Gasteiger partial charge < -0.3 is 4.90 Å². The topological polar surface area (TPSA) is 20.3 Å². The Morgan fingerprint density at radius 2 is 1.68 bits per heavy atom. The van der Waals surface area contributed by atoms with Gasteiger partial charge >= 0.3 is 0 Å². The number of Topliss-reactive ketones (excluding diaryl/α,β-unsaturated/α-hetero) is 1. The maximum absolute atomic E-state index is 12.6. The molecule has 3 rings (SSSR count). The highest BCUT2D eigenvalue weighted by atomic mass is 16.1. The van der Waals surface area contributed by atoms with E-state index in [1.54, 1.807) is 0 Å². The highest BCUT2D eigenvalue weighted by Crippen LogP contribution is 2.34. The zero-order chi connectivity index (χ0) is 15.4. The number of hydrogen-bond donors (Lipinski definition) is 0. The van der Waals surface area contributed by atoms with Gasteiger partial charge in [0, 0.05) is 18.0 Å². The Balaban J connectivity index is 1.58. The second kappa shape index (κ2) is 7.41. The van der Waals surface area contributed by atoms with Crippen molar-refractivity contribution < 1.29 is 4.79 Å². The first-order chi connectivity index (χ1) is 10.7. The molecule has 1 aromatic carbocycles. The van der Waals surface area contributed by atoms with Gasteiger partial charge in [0.25, 0.3) is 0 Å². The molecule has 22 heavy (non-hydrogen) atoms. The van der Waals surface area contributed by atoms with E-state index in [4.69, 9.17) is 0 Å². The molecule has 1 aliphatic carbocycles. The van der Waals surface area contributed by atoms with E-state index >= 15 is 0 Å². The zero-order valence-corrected chi connectivity index (χ0v) is 13.9. The number of piperidine rings is 1. The molecule has 0 amide bonds. The van der Waals surface area contributed by atoms with Crippen LogP contribution in [0.3, 0.4) is 0 Å². The van der Waals surface area contributed by atoms with Gasteiger partial charge in [-0.1, -0.05) is 50.5 Å².